The fraction of sp³-hybridized carbons (Fsp3) is 0.500. The third-order valence-corrected chi connectivity index (χ3v) is 3.80. The number of hydrogen-bond donors (Lipinski definition) is 0. The van der Waals surface area contributed by atoms with E-state index in [9.17, 15) is 9.59 Å². The molecule has 1 fully saturated rings. The van der Waals surface area contributed by atoms with Crippen molar-refractivity contribution in [3.63, 3.8) is 0 Å². The zero-order valence-electron chi connectivity index (χ0n) is 12.0. The van der Waals surface area contributed by atoms with E-state index < -0.39 is 11.5 Å². The second kappa shape index (κ2) is 5.00. The van der Waals surface area contributed by atoms with Gasteiger partial charge in [0.2, 0.25) is 0 Å². The minimum Gasteiger partial charge on any atom is -0.464 e. The van der Waals surface area contributed by atoms with Crippen LogP contribution in [0.25, 0.3) is 0 Å². The second-order valence-electron chi connectivity index (χ2n) is 5.23. The Labute approximate surface area is 122 Å². The van der Waals surface area contributed by atoms with Gasteiger partial charge >= 0.3 is 0 Å². The molecule has 3 rings (SSSR count). The number of fused-ring (bicyclic) bond motifs is 1. The fourth-order valence-corrected chi connectivity index (χ4v) is 2.60. The third-order valence-electron chi connectivity index (χ3n) is 3.80. The quantitative estimate of drug-likeness (QED) is 0.684. The molecule has 0 spiro atoms. The molecule has 3 heterocycles. The lowest BCUT2D eigenvalue weighted by Gasteiger charge is -2.40. The van der Waals surface area contributed by atoms with Crippen molar-refractivity contribution >= 4 is 17.6 Å². The van der Waals surface area contributed by atoms with E-state index in [-0.39, 0.29) is 5.91 Å². The molecule has 2 amide bonds. The number of aromatic nitrogens is 1. The Balaban J connectivity index is 1.94. The fourth-order valence-electron chi connectivity index (χ4n) is 2.60. The van der Waals surface area contributed by atoms with Crippen LogP contribution >= 0.6 is 0 Å². The monoisotopic (exact) mass is 291 g/mol. The molecule has 2 aliphatic heterocycles. The number of pyridine rings is 1. The highest BCUT2D eigenvalue weighted by molar-refractivity contribution is 6.15. The lowest BCUT2D eigenvalue weighted by Crippen LogP contribution is -2.63. The molecule has 7 nitrogen and oxygen atoms in total. The number of carbonyl (C=O) groups excluding carboxylic acids is 2. The number of amides is 2. The van der Waals surface area contributed by atoms with Crippen molar-refractivity contribution in [2.45, 2.75) is 12.5 Å². The van der Waals surface area contributed by atoms with E-state index in [4.69, 9.17) is 9.47 Å². The molecule has 1 aromatic rings. The third kappa shape index (κ3) is 2.13. The molecule has 2 aliphatic rings. The number of hydrogen-bond acceptors (Lipinski definition) is 5. The van der Waals surface area contributed by atoms with Gasteiger partial charge in [-0.3, -0.25) is 14.5 Å². The van der Waals surface area contributed by atoms with Crippen molar-refractivity contribution in [3.8, 4) is 5.75 Å². The Kier molecular flexibility index (Phi) is 3.29. The number of anilines is 1. The summed E-state index contributed by atoms with van der Waals surface area (Å²) in [6.07, 6.45) is 1.58. The van der Waals surface area contributed by atoms with Crippen LogP contribution in [0.5, 0.6) is 5.75 Å². The van der Waals surface area contributed by atoms with E-state index in [0.717, 1.165) is 0 Å². The summed E-state index contributed by atoms with van der Waals surface area (Å²) in [7, 11) is 1.60. The van der Waals surface area contributed by atoms with Gasteiger partial charge in [-0.15, -0.1) is 0 Å². The molecule has 21 heavy (non-hydrogen) atoms. The zero-order valence-corrected chi connectivity index (χ0v) is 12.0. The maximum absolute atomic E-state index is 12.7. The van der Waals surface area contributed by atoms with Crippen LogP contribution in [0.1, 0.15) is 6.92 Å². The van der Waals surface area contributed by atoms with Crippen molar-refractivity contribution in [2.24, 2.45) is 0 Å². The lowest BCUT2D eigenvalue weighted by atomic mass is 10.0. The summed E-state index contributed by atoms with van der Waals surface area (Å²) in [5, 5.41) is 0. The van der Waals surface area contributed by atoms with Gasteiger partial charge in [-0.1, -0.05) is 0 Å². The Morgan fingerprint density at radius 3 is 2.81 bits per heavy atom. The minimum atomic E-state index is -1.55. The van der Waals surface area contributed by atoms with E-state index in [1.165, 1.54) is 11.8 Å². The first kappa shape index (κ1) is 13.8. The van der Waals surface area contributed by atoms with Crippen molar-refractivity contribution < 1.29 is 19.1 Å². The van der Waals surface area contributed by atoms with E-state index in [1.54, 1.807) is 30.3 Å². The summed E-state index contributed by atoms with van der Waals surface area (Å²) >= 11 is 0. The predicted octanol–water partition coefficient (Wildman–Crippen LogP) is 0.0543. The van der Waals surface area contributed by atoms with Gasteiger partial charge in [-0.25, -0.2) is 4.98 Å². The van der Waals surface area contributed by atoms with Crippen LogP contribution in [-0.4, -0.2) is 60.7 Å². The van der Waals surface area contributed by atoms with Gasteiger partial charge in [-0.2, -0.15) is 0 Å². The largest absolute Gasteiger partial charge is 0.464 e. The predicted molar refractivity (Wildman–Crippen MR) is 74.1 cm³/mol. The highest BCUT2D eigenvalue weighted by Gasteiger charge is 2.52. The molecular weight excluding hydrogens is 274 g/mol. The molecular formula is C14H17N3O4. The van der Waals surface area contributed by atoms with Gasteiger partial charge in [0.05, 0.1) is 13.2 Å². The zero-order chi connectivity index (χ0) is 15.0. The molecule has 0 aromatic carbocycles. The van der Waals surface area contributed by atoms with Gasteiger partial charge in [0.25, 0.3) is 17.4 Å². The Morgan fingerprint density at radius 1 is 1.38 bits per heavy atom. The maximum atomic E-state index is 12.7. The summed E-state index contributed by atoms with van der Waals surface area (Å²) in [4.78, 5) is 32.4. The topological polar surface area (TPSA) is 72.0 Å². The van der Waals surface area contributed by atoms with Gasteiger partial charge < -0.3 is 14.4 Å². The highest BCUT2D eigenvalue weighted by Crippen LogP contribution is 2.35. The number of likely N-dealkylation sites (N-methyl/N-ethyl adjacent to an activating group) is 1. The van der Waals surface area contributed by atoms with E-state index in [1.807, 2.05) is 0 Å². The summed E-state index contributed by atoms with van der Waals surface area (Å²) in [5.41, 5.74) is -1.55. The number of morpholine rings is 1. The van der Waals surface area contributed by atoms with Gasteiger partial charge in [-0.05, 0) is 19.1 Å². The van der Waals surface area contributed by atoms with Gasteiger partial charge in [0, 0.05) is 26.3 Å². The summed E-state index contributed by atoms with van der Waals surface area (Å²) < 4.78 is 11.0. The average molecular weight is 291 g/mol. The van der Waals surface area contributed by atoms with E-state index in [2.05, 4.69) is 4.98 Å². The second-order valence-corrected chi connectivity index (χ2v) is 5.23. The first-order chi connectivity index (χ1) is 10.0. The summed E-state index contributed by atoms with van der Waals surface area (Å²) in [6.45, 7) is 3.40. The van der Waals surface area contributed by atoms with Crippen LogP contribution in [0.2, 0.25) is 0 Å². The molecule has 0 radical (unpaired) electrons. The molecule has 0 N–H and O–H groups in total. The van der Waals surface area contributed by atoms with Crippen molar-refractivity contribution in [2.75, 3.05) is 38.3 Å². The number of rotatable bonds is 1. The SMILES string of the molecule is CN1C(=O)[C@@](C)(C(=O)N2CCOCC2)Oc2cccnc21. The van der Waals surface area contributed by atoms with Crippen LogP contribution in [0.15, 0.2) is 18.3 Å². The first-order valence-corrected chi connectivity index (χ1v) is 6.83. The molecule has 7 heteroatoms. The smallest absolute Gasteiger partial charge is 0.281 e. The van der Waals surface area contributed by atoms with Crippen LogP contribution in [0.3, 0.4) is 0 Å². The molecule has 0 unspecified atom stereocenters. The highest BCUT2D eigenvalue weighted by atomic mass is 16.5. The first-order valence-electron chi connectivity index (χ1n) is 6.83. The molecule has 0 aliphatic carbocycles. The molecule has 0 bridgehead atoms. The Hall–Kier alpha value is -2.15. The average Bonchev–Trinajstić information content (AvgIpc) is 2.53. The minimum absolute atomic E-state index is 0.336. The summed E-state index contributed by atoms with van der Waals surface area (Å²) in [5.74, 6) is 0.112. The molecule has 112 valence electrons. The van der Waals surface area contributed by atoms with Gasteiger partial charge in [0.15, 0.2) is 11.6 Å². The van der Waals surface area contributed by atoms with Crippen LogP contribution in [-0.2, 0) is 14.3 Å². The Bertz CT molecular complexity index is 585. The van der Waals surface area contributed by atoms with Crippen LogP contribution in [0.4, 0.5) is 5.82 Å². The standard InChI is InChI=1S/C14H17N3O4/c1-14(13(19)17-6-8-20-9-7-17)12(18)16(2)11-10(21-14)4-3-5-15-11/h3-5H,6-9H2,1-2H3/t14-/m0/s1. The normalized spacial score (nSPS) is 25.3. The molecule has 1 atom stereocenters. The summed E-state index contributed by atoms with van der Waals surface area (Å²) in [6, 6.07) is 3.41. The van der Waals surface area contributed by atoms with Crippen molar-refractivity contribution in [1.29, 1.82) is 0 Å². The lowest BCUT2D eigenvalue weighted by molar-refractivity contribution is -0.158. The number of nitrogens with zero attached hydrogens (tertiary/aromatic N) is 3. The van der Waals surface area contributed by atoms with E-state index >= 15 is 0 Å². The van der Waals surface area contributed by atoms with Gasteiger partial charge in [0.1, 0.15) is 0 Å². The van der Waals surface area contributed by atoms with Crippen molar-refractivity contribution in [1.82, 2.24) is 9.88 Å². The molecule has 1 saturated heterocycles. The molecule has 0 saturated carbocycles. The van der Waals surface area contributed by atoms with E-state index in [0.29, 0.717) is 37.9 Å². The Morgan fingerprint density at radius 2 is 2.10 bits per heavy atom. The molecule has 1 aromatic heterocycles. The maximum Gasteiger partial charge on any atom is 0.281 e. The van der Waals surface area contributed by atoms with Crippen molar-refractivity contribution in [3.05, 3.63) is 18.3 Å². The van der Waals surface area contributed by atoms with Crippen LogP contribution < -0.4 is 9.64 Å². The number of ether oxygens (including phenoxy) is 2. The van der Waals surface area contributed by atoms with Crippen LogP contribution in [0, 0.1) is 0 Å². The number of carbonyl (C=O) groups is 2.